The summed E-state index contributed by atoms with van der Waals surface area (Å²) in [6.45, 7) is 6.65. The Kier molecular flexibility index (Phi) is 2.95. The molecule has 2 nitrogen and oxygen atoms in total. The molecule has 0 saturated carbocycles. The van der Waals surface area contributed by atoms with Gasteiger partial charge in [0.05, 0.1) is 12.5 Å². The van der Waals surface area contributed by atoms with Crippen molar-refractivity contribution in [3.8, 4) is 11.5 Å². The van der Waals surface area contributed by atoms with Gasteiger partial charge in [-0.2, -0.15) is 0 Å². The normalized spacial score (nSPS) is 24.9. The highest BCUT2D eigenvalue weighted by Crippen LogP contribution is 2.56. The molecule has 0 aliphatic carbocycles. The Morgan fingerprint density at radius 2 is 1.64 bits per heavy atom. The van der Waals surface area contributed by atoms with E-state index in [1.54, 1.807) is 0 Å². The van der Waals surface area contributed by atoms with Gasteiger partial charge in [-0.3, -0.25) is 0 Å². The molecular weight excluding hydrogens is 319 g/mol. The predicted octanol–water partition coefficient (Wildman–Crippen LogP) is 5.39. The number of hydrogen-bond donors (Lipinski definition) is 0. The number of rotatable bonds is 0. The van der Waals surface area contributed by atoms with E-state index in [1.165, 1.54) is 0 Å². The van der Waals surface area contributed by atoms with Gasteiger partial charge < -0.3 is 9.47 Å². The zero-order valence-electron chi connectivity index (χ0n) is 12.7. The maximum Gasteiger partial charge on any atom is 0.145 e. The Morgan fingerprint density at radius 3 is 2.36 bits per heavy atom. The van der Waals surface area contributed by atoms with Crippen molar-refractivity contribution in [3.05, 3.63) is 56.6 Å². The average Bonchev–Trinajstić information content (AvgIpc) is 2.73. The lowest BCUT2D eigenvalue weighted by molar-refractivity contribution is 0.0434. The van der Waals surface area contributed by atoms with Gasteiger partial charge in [0.15, 0.2) is 0 Å². The summed E-state index contributed by atoms with van der Waals surface area (Å²) >= 11 is 12.6. The van der Waals surface area contributed by atoms with Crippen LogP contribution in [0.4, 0.5) is 0 Å². The number of hydrogen-bond acceptors (Lipinski definition) is 2. The number of ether oxygens (including phenoxy) is 2. The van der Waals surface area contributed by atoms with E-state index in [4.69, 9.17) is 32.7 Å². The number of fused-ring (bicyclic) bond motifs is 5. The number of aryl methyl sites for hydroxylation is 2. The smallest absolute Gasteiger partial charge is 0.145 e. The van der Waals surface area contributed by atoms with Crippen LogP contribution in [0.25, 0.3) is 0 Å². The van der Waals surface area contributed by atoms with Crippen molar-refractivity contribution in [1.29, 1.82) is 0 Å². The highest BCUT2D eigenvalue weighted by Gasteiger charge is 2.51. The molecule has 114 valence electrons. The predicted molar refractivity (Wildman–Crippen MR) is 88.6 cm³/mol. The number of benzene rings is 2. The molecule has 2 heterocycles. The molecule has 0 amide bonds. The highest BCUT2D eigenvalue weighted by atomic mass is 35.5. The second kappa shape index (κ2) is 4.56. The van der Waals surface area contributed by atoms with Gasteiger partial charge in [0.2, 0.25) is 0 Å². The van der Waals surface area contributed by atoms with E-state index in [-0.39, 0.29) is 5.92 Å². The quantitative estimate of drug-likeness (QED) is 0.642. The van der Waals surface area contributed by atoms with Crippen LogP contribution in [0.2, 0.25) is 10.0 Å². The average molecular weight is 335 g/mol. The second-order valence-corrected chi connectivity index (χ2v) is 7.12. The highest BCUT2D eigenvalue weighted by molar-refractivity contribution is 6.31. The Hall–Kier alpha value is -1.38. The van der Waals surface area contributed by atoms with Crippen LogP contribution in [0.3, 0.4) is 0 Å². The van der Waals surface area contributed by atoms with Crippen LogP contribution in [0, 0.1) is 13.8 Å². The lowest BCUT2D eigenvalue weighted by Gasteiger charge is -2.37. The third-order valence-corrected chi connectivity index (χ3v) is 5.67. The molecule has 2 aliphatic heterocycles. The van der Waals surface area contributed by atoms with E-state index in [2.05, 4.69) is 6.92 Å². The third kappa shape index (κ3) is 1.80. The van der Waals surface area contributed by atoms with E-state index in [1.807, 2.05) is 38.1 Å². The SMILES string of the molecule is Cc1cc2c(cc1Cl)C1COc3cc(C)c(Cl)cc3C1(C)O2. The third-order valence-electron chi connectivity index (χ3n) is 4.85. The molecule has 2 aliphatic rings. The largest absolute Gasteiger partial charge is 0.492 e. The summed E-state index contributed by atoms with van der Waals surface area (Å²) in [6, 6.07) is 7.98. The maximum atomic E-state index is 6.36. The van der Waals surface area contributed by atoms with E-state index >= 15 is 0 Å². The molecule has 2 aromatic carbocycles. The van der Waals surface area contributed by atoms with Crippen LogP contribution in [0.1, 0.15) is 35.1 Å². The van der Waals surface area contributed by atoms with Gasteiger partial charge in [-0.15, -0.1) is 0 Å². The van der Waals surface area contributed by atoms with Crippen molar-refractivity contribution in [3.63, 3.8) is 0 Å². The molecule has 4 heteroatoms. The summed E-state index contributed by atoms with van der Waals surface area (Å²) in [5.41, 5.74) is 3.68. The summed E-state index contributed by atoms with van der Waals surface area (Å²) in [7, 11) is 0. The lowest BCUT2D eigenvalue weighted by atomic mass is 9.78. The first-order chi connectivity index (χ1) is 10.4. The first-order valence-electron chi connectivity index (χ1n) is 7.32. The van der Waals surface area contributed by atoms with Crippen LogP contribution in [-0.4, -0.2) is 6.61 Å². The molecule has 0 fully saturated rings. The molecular formula is C18H16Cl2O2. The molecule has 0 radical (unpaired) electrons. The fraction of sp³-hybridized carbons (Fsp3) is 0.333. The van der Waals surface area contributed by atoms with Crippen LogP contribution in [0.5, 0.6) is 11.5 Å². The van der Waals surface area contributed by atoms with E-state index in [9.17, 15) is 0 Å². The first kappa shape index (κ1) is 14.2. The summed E-state index contributed by atoms with van der Waals surface area (Å²) in [4.78, 5) is 0. The monoisotopic (exact) mass is 334 g/mol. The summed E-state index contributed by atoms with van der Waals surface area (Å²) in [6.07, 6.45) is 0. The van der Waals surface area contributed by atoms with Gasteiger partial charge in [0, 0.05) is 21.2 Å². The molecule has 2 unspecified atom stereocenters. The van der Waals surface area contributed by atoms with Crippen molar-refractivity contribution in [2.45, 2.75) is 32.3 Å². The summed E-state index contributed by atoms with van der Waals surface area (Å²) in [5, 5.41) is 1.50. The van der Waals surface area contributed by atoms with Crippen molar-refractivity contribution in [1.82, 2.24) is 0 Å². The minimum Gasteiger partial charge on any atom is -0.492 e. The fourth-order valence-corrected chi connectivity index (χ4v) is 3.79. The molecule has 0 bridgehead atoms. The van der Waals surface area contributed by atoms with Crippen LogP contribution < -0.4 is 9.47 Å². The zero-order valence-corrected chi connectivity index (χ0v) is 14.2. The molecule has 0 spiro atoms. The topological polar surface area (TPSA) is 18.5 Å². The molecule has 2 aromatic rings. The summed E-state index contributed by atoms with van der Waals surface area (Å²) in [5.74, 6) is 1.87. The lowest BCUT2D eigenvalue weighted by Crippen LogP contribution is -2.38. The molecule has 22 heavy (non-hydrogen) atoms. The summed E-state index contributed by atoms with van der Waals surface area (Å²) < 4.78 is 12.3. The van der Waals surface area contributed by atoms with Crippen molar-refractivity contribution < 1.29 is 9.47 Å². The molecule has 0 saturated heterocycles. The standard InChI is InChI=1S/C18H16Cl2O2/c1-9-4-16-11(6-14(9)19)13-8-21-17-5-10(2)15(20)7-12(17)18(13,3)22-16/h4-7,13H,8H2,1-3H3. The zero-order chi connectivity index (χ0) is 15.6. The Labute approximate surface area is 140 Å². The minimum atomic E-state index is -0.468. The van der Waals surface area contributed by atoms with E-state index in [0.717, 1.165) is 43.8 Å². The van der Waals surface area contributed by atoms with E-state index < -0.39 is 5.60 Å². The van der Waals surface area contributed by atoms with Gasteiger partial charge >= 0.3 is 0 Å². The fourth-order valence-electron chi connectivity index (χ4n) is 3.45. The Balaban J connectivity index is 1.91. The van der Waals surface area contributed by atoms with Gasteiger partial charge in [0.1, 0.15) is 17.1 Å². The molecule has 2 atom stereocenters. The van der Waals surface area contributed by atoms with Crippen molar-refractivity contribution in [2.24, 2.45) is 0 Å². The van der Waals surface area contributed by atoms with Gasteiger partial charge in [0.25, 0.3) is 0 Å². The second-order valence-electron chi connectivity index (χ2n) is 6.31. The Bertz CT molecular complexity index is 800. The number of halogens is 2. The molecule has 4 rings (SSSR count). The molecule has 0 N–H and O–H groups in total. The van der Waals surface area contributed by atoms with Gasteiger partial charge in [-0.05, 0) is 56.2 Å². The van der Waals surface area contributed by atoms with Gasteiger partial charge in [-0.25, -0.2) is 0 Å². The van der Waals surface area contributed by atoms with Crippen LogP contribution >= 0.6 is 23.2 Å². The van der Waals surface area contributed by atoms with Crippen LogP contribution in [0.15, 0.2) is 24.3 Å². The van der Waals surface area contributed by atoms with E-state index in [0.29, 0.717) is 6.61 Å². The molecule has 0 aromatic heterocycles. The van der Waals surface area contributed by atoms with Crippen molar-refractivity contribution >= 4 is 23.2 Å². The van der Waals surface area contributed by atoms with Crippen LogP contribution in [-0.2, 0) is 5.60 Å². The maximum absolute atomic E-state index is 6.36. The minimum absolute atomic E-state index is 0.117. The first-order valence-corrected chi connectivity index (χ1v) is 8.08. The van der Waals surface area contributed by atoms with Crippen molar-refractivity contribution in [2.75, 3.05) is 6.61 Å². The Morgan fingerprint density at radius 1 is 1.00 bits per heavy atom. The van der Waals surface area contributed by atoms with Gasteiger partial charge in [-0.1, -0.05) is 23.2 Å².